The van der Waals surface area contributed by atoms with E-state index in [1.54, 1.807) is 53.1 Å². The second-order valence-corrected chi connectivity index (χ2v) is 9.57. The summed E-state index contributed by atoms with van der Waals surface area (Å²) in [6, 6.07) is 31.0. The molecule has 1 aliphatic rings. The molecule has 0 bridgehead atoms. The number of nitrogens with one attached hydrogen (secondary N) is 1. The van der Waals surface area contributed by atoms with Crippen LogP contribution in [0.25, 0.3) is 17.0 Å². The molecule has 2 heterocycles. The van der Waals surface area contributed by atoms with Gasteiger partial charge in [0.1, 0.15) is 5.70 Å². The van der Waals surface area contributed by atoms with Gasteiger partial charge < -0.3 is 24.5 Å². The molecule has 0 spiro atoms. The average Bonchev–Trinajstić information content (AvgIpc) is 3.60. The number of nitrogens with zero attached hydrogens (tertiary/aromatic N) is 3. The second kappa shape index (κ2) is 11.8. The summed E-state index contributed by atoms with van der Waals surface area (Å²) in [4.78, 5) is 26.4. The minimum Gasteiger partial charge on any atom is -0.493 e. The Morgan fingerprint density at radius 2 is 1.60 bits per heavy atom. The van der Waals surface area contributed by atoms with Gasteiger partial charge >= 0.3 is 5.91 Å². The summed E-state index contributed by atoms with van der Waals surface area (Å²) in [5.74, 6) is -0.255. The van der Waals surface area contributed by atoms with Crippen molar-refractivity contribution in [3.05, 3.63) is 126 Å². The van der Waals surface area contributed by atoms with Gasteiger partial charge in [0, 0.05) is 17.5 Å². The van der Waals surface area contributed by atoms with E-state index in [1.807, 2.05) is 54.6 Å². The Balaban J connectivity index is 1.31. The molecular formula is C33H26N4O5. The molecule has 6 rings (SSSR count). The minimum atomic E-state index is -0.794. The van der Waals surface area contributed by atoms with Crippen LogP contribution in [0.15, 0.2) is 119 Å². The maximum Gasteiger partial charge on any atom is 0.311 e. The quantitative estimate of drug-likeness (QED) is 0.169. The van der Waals surface area contributed by atoms with Crippen LogP contribution in [0.2, 0.25) is 0 Å². The highest BCUT2D eigenvalue weighted by atomic mass is 16.7. The molecule has 1 aliphatic heterocycles. The first-order chi connectivity index (χ1) is 20.6. The van der Waals surface area contributed by atoms with Crippen molar-refractivity contribution >= 4 is 34.5 Å². The van der Waals surface area contributed by atoms with Crippen LogP contribution in [0, 0.1) is 0 Å². The summed E-state index contributed by atoms with van der Waals surface area (Å²) in [5, 5.41) is 22.6. The number of rotatable bonds is 8. The molecule has 0 unspecified atom stereocenters. The standard InChI is InChI=1S/C33H26N4O5/c38-31(24-11-5-2-6-12-24)34-26(19-23-15-16-28-29(20-23)42-21-41-28)32(39)36-35-30-25-13-7-8-14-27(25)37(33(30)40)18-17-22-9-3-1-4-10-22/h1-16,19-20,40H,17-18,21H2,(H,34,38)/b26-19+,36-35?. The van der Waals surface area contributed by atoms with E-state index < -0.39 is 11.8 Å². The van der Waals surface area contributed by atoms with Crippen molar-refractivity contribution in [1.29, 1.82) is 0 Å². The number of benzene rings is 4. The second-order valence-electron chi connectivity index (χ2n) is 9.57. The zero-order chi connectivity index (χ0) is 28.9. The van der Waals surface area contributed by atoms with Crippen molar-refractivity contribution in [3.63, 3.8) is 0 Å². The van der Waals surface area contributed by atoms with Crippen LogP contribution in [0.4, 0.5) is 5.69 Å². The minimum absolute atomic E-state index is 0.0984. The number of aryl methyl sites for hydroxylation is 2. The first kappa shape index (κ1) is 26.5. The molecule has 0 atom stereocenters. The number of ether oxygens (including phenoxy) is 2. The first-order valence-corrected chi connectivity index (χ1v) is 13.3. The van der Waals surface area contributed by atoms with Crippen LogP contribution in [0.1, 0.15) is 21.5 Å². The molecule has 2 amide bonds. The van der Waals surface area contributed by atoms with E-state index in [-0.39, 0.29) is 24.1 Å². The fourth-order valence-corrected chi connectivity index (χ4v) is 4.74. The van der Waals surface area contributed by atoms with Crippen molar-refractivity contribution in [2.45, 2.75) is 13.0 Å². The Bertz CT molecular complexity index is 1830. The molecule has 2 N–H and O–H groups in total. The number of para-hydroxylation sites is 1. The lowest BCUT2D eigenvalue weighted by Gasteiger charge is -2.08. The predicted octanol–water partition coefficient (Wildman–Crippen LogP) is 6.40. The maximum absolute atomic E-state index is 13.4. The number of aromatic nitrogens is 1. The predicted molar refractivity (Wildman–Crippen MR) is 158 cm³/mol. The van der Waals surface area contributed by atoms with Crippen LogP contribution < -0.4 is 14.8 Å². The molecule has 208 valence electrons. The van der Waals surface area contributed by atoms with Gasteiger partial charge in [-0.1, -0.05) is 72.8 Å². The highest BCUT2D eigenvalue weighted by Crippen LogP contribution is 2.39. The molecule has 0 saturated heterocycles. The van der Waals surface area contributed by atoms with E-state index in [2.05, 4.69) is 15.5 Å². The number of fused-ring (bicyclic) bond motifs is 2. The van der Waals surface area contributed by atoms with Crippen LogP contribution in [0.5, 0.6) is 17.4 Å². The van der Waals surface area contributed by atoms with E-state index in [4.69, 9.17) is 9.47 Å². The fraction of sp³-hybridized carbons (Fsp3) is 0.0909. The van der Waals surface area contributed by atoms with Crippen molar-refractivity contribution in [2.75, 3.05) is 6.79 Å². The Morgan fingerprint density at radius 3 is 2.40 bits per heavy atom. The normalized spacial score (nSPS) is 12.6. The summed E-state index contributed by atoms with van der Waals surface area (Å²) in [6.45, 7) is 0.609. The molecular weight excluding hydrogens is 532 g/mol. The van der Waals surface area contributed by atoms with Crippen molar-refractivity contribution in [2.24, 2.45) is 10.2 Å². The van der Waals surface area contributed by atoms with E-state index in [9.17, 15) is 14.7 Å². The number of aromatic hydroxyl groups is 1. The largest absolute Gasteiger partial charge is 0.493 e. The zero-order valence-electron chi connectivity index (χ0n) is 22.4. The van der Waals surface area contributed by atoms with Crippen molar-refractivity contribution in [3.8, 4) is 17.4 Å². The Kier molecular flexibility index (Phi) is 7.46. The highest BCUT2D eigenvalue weighted by Gasteiger charge is 2.20. The van der Waals surface area contributed by atoms with Gasteiger partial charge in [0.05, 0.1) is 5.52 Å². The van der Waals surface area contributed by atoms with Gasteiger partial charge in [0.15, 0.2) is 17.2 Å². The van der Waals surface area contributed by atoms with Gasteiger partial charge in [-0.3, -0.25) is 9.59 Å². The smallest absolute Gasteiger partial charge is 0.311 e. The maximum atomic E-state index is 13.4. The van der Waals surface area contributed by atoms with Gasteiger partial charge in [0.25, 0.3) is 5.91 Å². The average molecular weight is 559 g/mol. The Morgan fingerprint density at radius 1 is 0.881 bits per heavy atom. The van der Waals surface area contributed by atoms with Crippen molar-refractivity contribution in [1.82, 2.24) is 9.88 Å². The SMILES string of the molecule is O=C(N=Nc1c(O)n(CCc2ccccc2)c2ccccc12)/C(=C\c1ccc2c(c1)OCO2)NC(=O)c1ccccc1. The monoisotopic (exact) mass is 558 g/mol. The van der Waals surface area contributed by atoms with Crippen LogP contribution in [0.3, 0.4) is 0 Å². The lowest BCUT2D eigenvalue weighted by molar-refractivity contribution is -0.115. The van der Waals surface area contributed by atoms with Gasteiger partial charge in [-0.05, 0) is 54.0 Å². The highest BCUT2D eigenvalue weighted by molar-refractivity contribution is 6.05. The van der Waals surface area contributed by atoms with E-state index in [0.717, 1.165) is 11.1 Å². The molecule has 9 nitrogen and oxygen atoms in total. The number of hydrogen-bond donors (Lipinski definition) is 2. The van der Waals surface area contributed by atoms with Gasteiger partial charge in [-0.25, -0.2) is 0 Å². The number of amides is 2. The summed E-state index contributed by atoms with van der Waals surface area (Å²) < 4.78 is 12.6. The van der Waals surface area contributed by atoms with Gasteiger partial charge in [0.2, 0.25) is 12.7 Å². The number of carbonyl (C=O) groups is 2. The molecule has 1 aromatic heterocycles. The number of carbonyl (C=O) groups excluding carboxylic acids is 2. The number of azo groups is 1. The molecule has 42 heavy (non-hydrogen) atoms. The lowest BCUT2D eigenvalue weighted by atomic mass is 10.1. The lowest BCUT2D eigenvalue weighted by Crippen LogP contribution is -2.26. The topological polar surface area (TPSA) is 115 Å². The van der Waals surface area contributed by atoms with E-state index in [0.29, 0.717) is 41.0 Å². The molecule has 0 aliphatic carbocycles. The summed E-state index contributed by atoms with van der Waals surface area (Å²) >= 11 is 0. The molecule has 5 aromatic rings. The summed E-state index contributed by atoms with van der Waals surface area (Å²) in [7, 11) is 0. The number of hydrogen-bond acceptors (Lipinski definition) is 6. The van der Waals surface area contributed by atoms with Gasteiger partial charge in [-0.2, -0.15) is 0 Å². The molecule has 0 radical (unpaired) electrons. The first-order valence-electron chi connectivity index (χ1n) is 13.3. The van der Waals surface area contributed by atoms with E-state index >= 15 is 0 Å². The fourth-order valence-electron chi connectivity index (χ4n) is 4.74. The van der Waals surface area contributed by atoms with Crippen LogP contribution in [-0.2, 0) is 17.8 Å². The van der Waals surface area contributed by atoms with Crippen LogP contribution in [-0.4, -0.2) is 28.3 Å². The molecule has 4 aromatic carbocycles. The molecule has 0 fully saturated rings. The van der Waals surface area contributed by atoms with E-state index in [1.165, 1.54) is 6.08 Å². The zero-order valence-corrected chi connectivity index (χ0v) is 22.4. The Labute approximate surface area is 241 Å². The van der Waals surface area contributed by atoms with Crippen LogP contribution >= 0.6 is 0 Å². The third-order valence-electron chi connectivity index (χ3n) is 6.85. The molecule has 9 heteroatoms. The third-order valence-corrected chi connectivity index (χ3v) is 6.85. The summed E-state index contributed by atoms with van der Waals surface area (Å²) in [5.41, 5.74) is 2.92. The summed E-state index contributed by atoms with van der Waals surface area (Å²) in [6.07, 6.45) is 2.18. The third kappa shape index (κ3) is 5.62. The van der Waals surface area contributed by atoms with Crippen molar-refractivity contribution < 1.29 is 24.2 Å². The molecule has 0 saturated carbocycles. The Hall–Kier alpha value is -5.70. The van der Waals surface area contributed by atoms with Gasteiger partial charge in [-0.15, -0.1) is 10.2 Å².